The molecule has 0 amide bonds. The summed E-state index contributed by atoms with van der Waals surface area (Å²) in [6.45, 7) is 4.31. The molecule has 2 heteroatoms. The van der Waals surface area contributed by atoms with Crippen molar-refractivity contribution in [3.63, 3.8) is 0 Å². The van der Waals surface area contributed by atoms with Crippen molar-refractivity contribution < 1.29 is 0 Å². The summed E-state index contributed by atoms with van der Waals surface area (Å²) in [5.74, 6) is 1.13. The molecule has 0 aliphatic heterocycles. The lowest BCUT2D eigenvalue weighted by atomic mass is 10.2. The van der Waals surface area contributed by atoms with Gasteiger partial charge in [-0.1, -0.05) is 19.1 Å². The van der Waals surface area contributed by atoms with Crippen molar-refractivity contribution in [2.24, 2.45) is 0 Å². The van der Waals surface area contributed by atoms with Gasteiger partial charge in [0.15, 0.2) is 0 Å². The Labute approximate surface area is 80.5 Å². The van der Waals surface area contributed by atoms with E-state index in [-0.39, 0.29) is 0 Å². The first-order valence-electron chi connectivity index (χ1n) is 3.63. The highest BCUT2D eigenvalue weighted by Gasteiger charge is 2.00. The van der Waals surface area contributed by atoms with Gasteiger partial charge in [0, 0.05) is 9.37 Å². The van der Waals surface area contributed by atoms with E-state index in [1.54, 1.807) is 0 Å². The third-order valence-corrected chi connectivity index (χ3v) is 3.50. The van der Waals surface area contributed by atoms with Gasteiger partial charge in [-0.25, -0.2) is 0 Å². The Morgan fingerprint density at radius 3 is 2.73 bits per heavy atom. The SMILES string of the molecule is CCSc1c(C)cccc1Br. The van der Waals surface area contributed by atoms with Crippen LogP contribution >= 0.6 is 27.7 Å². The molecule has 0 saturated carbocycles. The van der Waals surface area contributed by atoms with Gasteiger partial charge < -0.3 is 0 Å². The van der Waals surface area contributed by atoms with E-state index in [1.807, 2.05) is 11.8 Å². The summed E-state index contributed by atoms with van der Waals surface area (Å²) in [5.41, 5.74) is 1.35. The average molecular weight is 231 g/mol. The molecule has 1 rings (SSSR count). The first-order valence-corrected chi connectivity index (χ1v) is 5.41. The van der Waals surface area contributed by atoms with Crippen molar-refractivity contribution in [1.82, 2.24) is 0 Å². The topological polar surface area (TPSA) is 0 Å². The molecule has 0 radical (unpaired) electrons. The van der Waals surface area contributed by atoms with Crippen LogP contribution < -0.4 is 0 Å². The molecule has 0 fully saturated rings. The highest BCUT2D eigenvalue weighted by Crippen LogP contribution is 2.29. The zero-order valence-electron chi connectivity index (χ0n) is 6.73. The van der Waals surface area contributed by atoms with E-state index in [2.05, 4.69) is 48.0 Å². The molecular weight excluding hydrogens is 220 g/mol. The van der Waals surface area contributed by atoms with Gasteiger partial charge >= 0.3 is 0 Å². The molecule has 0 saturated heterocycles. The van der Waals surface area contributed by atoms with E-state index >= 15 is 0 Å². The Morgan fingerprint density at radius 2 is 2.18 bits per heavy atom. The van der Waals surface area contributed by atoms with E-state index in [0.29, 0.717) is 0 Å². The van der Waals surface area contributed by atoms with Crippen LogP contribution in [0.5, 0.6) is 0 Å². The number of halogens is 1. The summed E-state index contributed by atoms with van der Waals surface area (Å²) in [7, 11) is 0. The van der Waals surface area contributed by atoms with Crippen LogP contribution in [0.3, 0.4) is 0 Å². The van der Waals surface area contributed by atoms with E-state index in [0.717, 1.165) is 5.75 Å². The van der Waals surface area contributed by atoms with Crippen LogP contribution in [0.15, 0.2) is 27.6 Å². The quantitative estimate of drug-likeness (QED) is 0.696. The second-order valence-electron chi connectivity index (χ2n) is 2.32. The van der Waals surface area contributed by atoms with E-state index in [9.17, 15) is 0 Å². The molecule has 0 aliphatic carbocycles. The fourth-order valence-electron chi connectivity index (χ4n) is 0.944. The fourth-order valence-corrected chi connectivity index (χ4v) is 2.54. The number of thioether (sulfide) groups is 1. The second kappa shape index (κ2) is 4.17. The maximum absolute atomic E-state index is 3.53. The van der Waals surface area contributed by atoms with Crippen molar-refractivity contribution in [1.29, 1.82) is 0 Å². The first kappa shape index (κ1) is 9.14. The van der Waals surface area contributed by atoms with Crippen LogP contribution in [0, 0.1) is 6.92 Å². The zero-order valence-corrected chi connectivity index (χ0v) is 9.13. The number of hydrogen-bond donors (Lipinski definition) is 0. The first-order chi connectivity index (χ1) is 5.25. The fraction of sp³-hybridized carbons (Fsp3) is 0.333. The minimum absolute atomic E-state index is 1.13. The van der Waals surface area contributed by atoms with Gasteiger partial charge in [-0.3, -0.25) is 0 Å². The molecule has 0 heterocycles. The van der Waals surface area contributed by atoms with Crippen molar-refractivity contribution in [3.8, 4) is 0 Å². The average Bonchev–Trinajstić information content (AvgIpc) is 1.97. The van der Waals surface area contributed by atoms with Crippen LogP contribution in [-0.4, -0.2) is 5.75 Å². The molecule has 1 aromatic carbocycles. The van der Waals surface area contributed by atoms with E-state index in [4.69, 9.17) is 0 Å². The molecule has 0 aromatic heterocycles. The Bertz CT molecular complexity index is 225. The van der Waals surface area contributed by atoms with E-state index in [1.165, 1.54) is 14.9 Å². The molecular formula is C9H11BrS. The molecule has 0 bridgehead atoms. The lowest BCUT2D eigenvalue weighted by molar-refractivity contribution is 1.27. The van der Waals surface area contributed by atoms with Gasteiger partial charge in [0.1, 0.15) is 0 Å². The molecule has 0 atom stereocenters. The summed E-state index contributed by atoms with van der Waals surface area (Å²) in [6, 6.07) is 6.30. The molecule has 1 aromatic rings. The van der Waals surface area contributed by atoms with Crippen molar-refractivity contribution in [2.75, 3.05) is 5.75 Å². The molecule has 0 spiro atoms. The van der Waals surface area contributed by atoms with Gasteiger partial charge in [0.2, 0.25) is 0 Å². The molecule has 0 unspecified atom stereocenters. The third kappa shape index (κ3) is 2.24. The maximum atomic E-state index is 3.53. The monoisotopic (exact) mass is 230 g/mol. The van der Waals surface area contributed by atoms with Crippen LogP contribution in [0.1, 0.15) is 12.5 Å². The van der Waals surface area contributed by atoms with Gasteiger partial charge in [-0.2, -0.15) is 0 Å². The van der Waals surface area contributed by atoms with Crippen LogP contribution in [0.2, 0.25) is 0 Å². The number of rotatable bonds is 2. The van der Waals surface area contributed by atoms with Gasteiger partial charge in [0.05, 0.1) is 0 Å². The summed E-state index contributed by atoms with van der Waals surface area (Å²) in [5, 5.41) is 0. The van der Waals surface area contributed by atoms with Crippen molar-refractivity contribution >= 4 is 27.7 Å². The predicted octanol–water partition coefficient (Wildman–Crippen LogP) is 3.87. The summed E-state index contributed by atoms with van der Waals surface area (Å²) < 4.78 is 1.21. The van der Waals surface area contributed by atoms with Gasteiger partial charge in [-0.05, 0) is 40.2 Å². The van der Waals surface area contributed by atoms with Crippen molar-refractivity contribution in [2.45, 2.75) is 18.7 Å². The highest BCUT2D eigenvalue weighted by molar-refractivity contribution is 9.10. The normalized spacial score (nSPS) is 10.1. The molecule has 60 valence electrons. The Hall–Kier alpha value is 0.0500. The van der Waals surface area contributed by atoms with Crippen molar-refractivity contribution in [3.05, 3.63) is 28.2 Å². The highest BCUT2D eigenvalue weighted by atomic mass is 79.9. The minimum Gasteiger partial charge on any atom is -0.125 e. The second-order valence-corrected chi connectivity index (χ2v) is 4.45. The predicted molar refractivity (Wildman–Crippen MR) is 55.3 cm³/mol. The largest absolute Gasteiger partial charge is 0.125 e. The third-order valence-electron chi connectivity index (χ3n) is 1.45. The number of hydrogen-bond acceptors (Lipinski definition) is 1. The molecule has 11 heavy (non-hydrogen) atoms. The summed E-state index contributed by atoms with van der Waals surface area (Å²) >= 11 is 5.41. The lowest BCUT2D eigenvalue weighted by Gasteiger charge is -2.04. The van der Waals surface area contributed by atoms with Gasteiger partial charge in [-0.15, -0.1) is 11.8 Å². The standard InChI is InChI=1S/C9H11BrS/c1-3-11-9-7(2)5-4-6-8(9)10/h4-6H,3H2,1-2H3. The number of benzene rings is 1. The van der Waals surface area contributed by atoms with Gasteiger partial charge in [0.25, 0.3) is 0 Å². The maximum Gasteiger partial charge on any atom is 0.0313 e. The van der Waals surface area contributed by atoms with Crippen LogP contribution in [0.4, 0.5) is 0 Å². The molecule has 0 nitrogen and oxygen atoms in total. The zero-order chi connectivity index (χ0) is 8.27. The minimum atomic E-state index is 1.13. The Kier molecular flexibility index (Phi) is 3.46. The Balaban J connectivity index is 3.00. The lowest BCUT2D eigenvalue weighted by Crippen LogP contribution is -1.80. The number of aryl methyl sites for hydroxylation is 1. The summed E-state index contributed by atoms with van der Waals surface area (Å²) in [4.78, 5) is 1.37. The van der Waals surface area contributed by atoms with Crippen LogP contribution in [0.25, 0.3) is 0 Å². The molecule has 0 N–H and O–H groups in total. The summed E-state index contributed by atoms with van der Waals surface area (Å²) in [6.07, 6.45) is 0. The molecule has 0 aliphatic rings. The smallest absolute Gasteiger partial charge is 0.0313 e. The Morgan fingerprint density at radius 1 is 1.45 bits per heavy atom. The van der Waals surface area contributed by atoms with E-state index < -0.39 is 0 Å². The van der Waals surface area contributed by atoms with Crippen LogP contribution in [-0.2, 0) is 0 Å².